The molecule has 5 nitrogen and oxygen atoms in total. The number of nitrogens with zero attached hydrogens (tertiary/aromatic N) is 2. The molecule has 0 spiro atoms. The first kappa shape index (κ1) is 23.0. The quantitative estimate of drug-likeness (QED) is 0.744. The average molecular weight is 428 g/mol. The van der Waals surface area contributed by atoms with Crippen LogP contribution in [0.4, 0.5) is 4.39 Å². The van der Waals surface area contributed by atoms with Gasteiger partial charge in [-0.2, -0.15) is 5.26 Å². The molecule has 0 heterocycles. The van der Waals surface area contributed by atoms with E-state index in [1.165, 1.54) is 13.1 Å². The van der Waals surface area contributed by atoms with Crippen molar-refractivity contribution in [2.45, 2.75) is 68.4 Å². The molecule has 1 aliphatic carbocycles. The number of hydrogen-bond donors (Lipinski definition) is 1. The standard InChI is InChI=1S/C20H30FN3O2S2/c1-18(2,3)27(25)24-19(4,16-10-6-7-11-17(16)21)15-28(26,23-5)20(14-22)12-8-9-13-20/h6-7,10-11,24H,8-9,12-13,15H2,1-5H3/t19-,27+,28-/m0/s1. The maximum Gasteiger partial charge on any atom is 0.140 e. The van der Waals surface area contributed by atoms with Gasteiger partial charge in [0, 0.05) is 12.6 Å². The van der Waals surface area contributed by atoms with Crippen LogP contribution in [0.2, 0.25) is 0 Å². The van der Waals surface area contributed by atoms with E-state index in [0.29, 0.717) is 12.8 Å². The summed E-state index contributed by atoms with van der Waals surface area (Å²) < 4.78 is 47.2. The molecule has 1 fully saturated rings. The molecule has 28 heavy (non-hydrogen) atoms. The second-order valence-electron chi connectivity index (χ2n) is 8.58. The second-order valence-corrected chi connectivity index (χ2v) is 13.3. The van der Waals surface area contributed by atoms with Crippen LogP contribution in [0.3, 0.4) is 0 Å². The average Bonchev–Trinajstić information content (AvgIpc) is 3.11. The monoisotopic (exact) mass is 427 g/mol. The predicted molar refractivity (Wildman–Crippen MR) is 113 cm³/mol. The Morgan fingerprint density at radius 1 is 1.29 bits per heavy atom. The number of nitrogens with one attached hydrogen (secondary N) is 1. The van der Waals surface area contributed by atoms with E-state index in [9.17, 15) is 18.1 Å². The molecule has 2 rings (SSSR count). The Balaban J connectivity index is 2.60. The first-order valence-corrected chi connectivity index (χ1v) is 12.2. The van der Waals surface area contributed by atoms with Gasteiger partial charge in [-0.15, -0.1) is 0 Å². The number of halogens is 1. The highest BCUT2D eigenvalue weighted by atomic mass is 32.2. The maximum atomic E-state index is 14.7. The van der Waals surface area contributed by atoms with Gasteiger partial charge < -0.3 is 0 Å². The van der Waals surface area contributed by atoms with E-state index < -0.39 is 41.6 Å². The fraction of sp³-hybridized carbons (Fsp3) is 0.650. The summed E-state index contributed by atoms with van der Waals surface area (Å²) >= 11 is 0. The molecule has 0 radical (unpaired) electrons. The Labute approximate surface area is 170 Å². The second kappa shape index (κ2) is 8.21. The van der Waals surface area contributed by atoms with E-state index in [2.05, 4.69) is 15.2 Å². The van der Waals surface area contributed by atoms with Crippen LogP contribution in [0.15, 0.2) is 28.6 Å². The van der Waals surface area contributed by atoms with Crippen molar-refractivity contribution in [3.05, 3.63) is 35.6 Å². The van der Waals surface area contributed by atoms with Gasteiger partial charge in [0.05, 0.1) is 42.8 Å². The van der Waals surface area contributed by atoms with Gasteiger partial charge in [0.25, 0.3) is 0 Å². The van der Waals surface area contributed by atoms with Crippen molar-refractivity contribution in [1.82, 2.24) is 4.72 Å². The van der Waals surface area contributed by atoms with Gasteiger partial charge in [-0.3, -0.25) is 0 Å². The number of benzene rings is 1. The van der Waals surface area contributed by atoms with Crippen molar-refractivity contribution in [2.75, 3.05) is 12.8 Å². The van der Waals surface area contributed by atoms with Crippen LogP contribution in [-0.4, -0.2) is 30.7 Å². The molecular formula is C20H30FN3O2S2. The third-order valence-electron chi connectivity index (χ3n) is 5.35. The molecule has 0 aromatic heterocycles. The van der Waals surface area contributed by atoms with E-state index >= 15 is 0 Å². The Morgan fingerprint density at radius 3 is 2.32 bits per heavy atom. The topological polar surface area (TPSA) is 82.3 Å². The van der Waals surface area contributed by atoms with Gasteiger partial charge in [-0.25, -0.2) is 21.9 Å². The number of rotatable bonds is 6. The van der Waals surface area contributed by atoms with E-state index in [4.69, 9.17) is 0 Å². The molecule has 0 aliphatic heterocycles. The summed E-state index contributed by atoms with van der Waals surface area (Å²) in [6.45, 7) is 7.13. The Hall–Kier alpha value is -1.30. The van der Waals surface area contributed by atoms with Crippen molar-refractivity contribution in [3.8, 4) is 6.07 Å². The molecular weight excluding hydrogens is 397 g/mol. The molecule has 1 aliphatic rings. The van der Waals surface area contributed by atoms with Crippen LogP contribution in [-0.2, 0) is 26.3 Å². The van der Waals surface area contributed by atoms with E-state index in [-0.39, 0.29) is 11.3 Å². The lowest BCUT2D eigenvalue weighted by Crippen LogP contribution is -2.53. The number of hydrogen-bond acceptors (Lipinski definition) is 4. The predicted octanol–water partition coefficient (Wildman–Crippen LogP) is 4.03. The highest BCUT2D eigenvalue weighted by Gasteiger charge is 2.48. The van der Waals surface area contributed by atoms with Gasteiger partial charge >= 0.3 is 0 Å². The molecule has 1 aromatic carbocycles. The van der Waals surface area contributed by atoms with Crippen LogP contribution in [0.5, 0.6) is 0 Å². The maximum absolute atomic E-state index is 14.7. The summed E-state index contributed by atoms with van der Waals surface area (Å²) in [5, 5.41) is 9.87. The molecule has 156 valence electrons. The van der Waals surface area contributed by atoms with Crippen molar-refractivity contribution in [3.63, 3.8) is 0 Å². The Bertz CT molecular complexity index is 905. The molecule has 1 N–H and O–H groups in total. The van der Waals surface area contributed by atoms with Crippen LogP contribution < -0.4 is 4.72 Å². The lowest BCUT2D eigenvalue weighted by Gasteiger charge is -2.37. The van der Waals surface area contributed by atoms with E-state index in [0.717, 1.165) is 12.8 Å². The summed E-state index contributed by atoms with van der Waals surface area (Å²) in [7, 11) is -3.11. The summed E-state index contributed by atoms with van der Waals surface area (Å²) in [6.07, 6.45) is 2.65. The summed E-state index contributed by atoms with van der Waals surface area (Å²) in [6, 6.07) is 8.48. The zero-order valence-electron chi connectivity index (χ0n) is 17.3. The van der Waals surface area contributed by atoms with Crippen molar-refractivity contribution < 1.29 is 12.8 Å². The van der Waals surface area contributed by atoms with Crippen LogP contribution >= 0.6 is 0 Å². The SMILES string of the molecule is CN=[S@](=O)(C[C@](C)(N[S@](=O)C(C)(C)C)c1ccccc1F)C1(C#N)CCCC1. The normalized spacial score (nSPS) is 21.9. The largest absolute Gasteiger partial charge is 0.248 e. The Morgan fingerprint density at radius 2 is 1.86 bits per heavy atom. The third-order valence-corrected chi connectivity index (χ3v) is 10.4. The zero-order chi connectivity index (χ0) is 21.2. The third kappa shape index (κ3) is 4.32. The molecule has 0 unspecified atom stereocenters. The van der Waals surface area contributed by atoms with Crippen LogP contribution in [0, 0.1) is 17.1 Å². The minimum Gasteiger partial charge on any atom is -0.248 e. The van der Waals surface area contributed by atoms with Crippen LogP contribution in [0.25, 0.3) is 0 Å². The van der Waals surface area contributed by atoms with Crippen LogP contribution in [0.1, 0.15) is 58.9 Å². The number of nitriles is 1. The minimum absolute atomic E-state index is 0.0905. The fourth-order valence-corrected chi connectivity index (χ4v) is 7.47. The lowest BCUT2D eigenvalue weighted by molar-refractivity contribution is 0.455. The molecule has 0 bridgehead atoms. The fourth-order valence-electron chi connectivity index (χ4n) is 3.65. The van der Waals surface area contributed by atoms with E-state index in [1.807, 2.05) is 20.8 Å². The molecule has 1 aromatic rings. The minimum atomic E-state index is -3.03. The van der Waals surface area contributed by atoms with E-state index in [1.54, 1.807) is 25.1 Å². The summed E-state index contributed by atoms with van der Waals surface area (Å²) in [5.74, 6) is -0.564. The molecule has 0 saturated heterocycles. The molecule has 3 atom stereocenters. The molecule has 0 amide bonds. The summed E-state index contributed by atoms with van der Waals surface area (Å²) in [5.41, 5.74) is -0.943. The van der Waals surface area contributed by atoms with Gasteiger partial charge in [0.15, 0.2) is 0 Å². The first-order valence-electron chi connectivity index (χ1n) is 9.41. The Kier molecular flexibility index (Phi) is 6.74. The van der Waals surface area contributed by atoms with Gasteiger partial charge in [0.1, 0.15) is 10.6 Å². The molecule has 1 saturated carbocycles. The zero-order valence-corrected chi connectivity index (χ0v) is 18.9. The lowest BCUT2D eigenvalue weighted by atomic mass is 9.95. The summed E-state index contributed by atoms with van der Waals surface area (Å²) in [4.78, 5) is 0. The highest BCUT2D eigenvalue weighted by Crippen LogP contribution is 2.41. The molecule has 8 heteroatoms. The van der Waals surface area contributed by atoms with Crippen molar-refractivity contribution >= 4 is 20.7 Å². The van der Waals surface area contributed by atoms with Crippen molar-refractivity contribution in [2.24, 2.45) is 4.36 Å². The van der Waals surface area contributed by atoms with Gasteiger partial charge in [-0.1, -0.05) is 31.0 Å². The first-order chi connectivity index (χ1) is 12.9. The smallest absolute Gasteiger partial charge is 0.140 e. The highest BCUT2D eigenvalue weighted by molar-refractivity contribution is 7.95. The van der Waals surface area contributed by atoms with Gasteiger partial charge in [0.2, 0.25) is 0 Å². The van der Waals surface area contributed by atoms with Crippen molar-refractivity contribution in [1.29, 1.82) is 5.26 Å². The van der Waals surface area contributed by atoms with Gasteiger partial charge in [-0.05, 0) is 46.6 Å².